The Hall–Kier alpha value is -1.65. The molecule has 0 atom stereocenters. The smallest absolute Gasteiger partial charge is 0.277 e. The zero-order valence-electron chi connectivity index (χ0n) is 9.65. The third kappa shape index (κ3) is 3.98. The van der Waals surface area contributed by atoms with Gasteiger partial charge in [-0.1, -0.05) is 29.8 Å². The normalized spacial score (nSPS) is 12.2. The van der Waals surface area contributed by atoms with Crippen LogP contribution in [0.3, 0.4) is 0 Å². The molecule has 1 N–H and O–H groups in total. The monoisotopic (exact) mass is 283 g/mol. The van der Waals surface area contributed by atoms with E-state index < -0.39 is 5.91 Å². The first-order valence-electron chi connectivity index (χ1n) is 4.96. The van der Waals surface area contributed by atoms with Crippen LogP contribution >= 0.6 is 23.2 Å². The van der Waals surface area contributed by atoms with E-state index in [1.54, 1.807) is 24.3 Å². The number of nitrogens with one attached hydrogen (secondary N) is 1. The molecule has 94 valence electrons. The maximum atomic E-state index is 11.9. The topological polar surface area (TPSA) is 53.8 Å². The Morgan fingerprint density at radius 3 is 2.50 bits per heavy atom. The summed E-state index contributed by atoms with van der Waals surface area (Å²) in [5.41, 5.74) is 0.625. The number of carbonyl (C=O) groups excluding carboxylic acids is 1. The van der Waals surface area contributed by atoms with Crippen LogP contribution in [0.1, 0.15) is 0 Å². The van der Waals surface area contributed by atoms with Gasteiger partial charge >= 0.3 is 0 Å². The standard InChI is InChI=1S/C12H11Cl2N3O/c1-3-16-11(14)10(15-2)12(18)17-9-6-4-8(13)5-7-9/h3-7H,1H2,2H3,(H,17,18). The van der Waals surface area contributed by atoms with Gasteiger partial charge in [0.15, 0.2) is 10.9 Å². The van der Waals surface area contributed by atoms with Crippen molar-refractivity contribution in [3.05, 3.63) is 42.1 Å². The number of rotatable bonds is 4. The molecule has 0 aliphatic carbocycles. The predicted octanol–water partition coefficient (Wildman–Crippen LogP) is 3.13. The van der Waals surface area contributed by atoms with Gasteiger partial charge in [-0.25, -0.2) is 4.99 Å². The van der Waals surface area contributed by atoms with E-state index in [1.807, 2.05) is 0 Å². The summed E-state index contributed by atoms with van der Waals surface area (Å²) in [7, 11) is 1.46. The molecule has 0 saturated heterocycles. The van der Waals surface area contributed by atoms with Gasteiger partial charge in [-0.3, -0.25) is 9.79 Å². The molecule has 18 heavy (non-hydrogen) atoms. The quantitative estimate of drug-likeness (QED) is 0.848. The molecule has 0 saturated carbocycles. The molecular weight excluding hydrogens is 273 g/mol. The Bertz CT molecular complexity index is 507. The fourth-order valence-electron chi connectivity index (χ4n) is 1.15. The zero-order chi connectivity index (χ0) is 13.5. The maximum absolute atomic E-state index is 11.9. The molecule has 6 heteroatoms. The van der Waals surface area contributed by atoms with Crippen molar-refractivity contribution in [2.24, 2.45) is 9.98 Å². The van der Waals surface area contributed by atoms with Gasteiger partial charge in [0.05, 0.1) is 0 Å². The summed E-state index contributed by atoms with van der Waals surface area (Å²) < 4.78 is 0. The summed E-state index contributed by atoms with van der Waals surface area (Å²) in [5.74, 6) is -0.449. The SMILES string of the molecule is C=CN=C(Cl)C(=NC)C(=O)Nc1ccc(Cl)cc1. The van der Waals surface area contributed by atoms with Crippen molar-refractivity contribution in [1.29, 1.82) is 0 Å². The highest BCUT2D eigenvalue weighted by atomic mass is 35.5. The van der Waals surface area contributed by atoms with Crippen LogP contribution in [0.5, 0.6) is 0 Å². The van der Waals surface area contributed by atoms with E-state index in [4.69, 9.17) is 23.2 Å². The van der Waals surface area contributed by atoms with Crippen LogP contribution in [0.25, 0.3) is 0 Å². The first-order valence-corrected chi connectivity index (χ1v) is 5.72. The molecular formula is C12H11Cl2N3O. The second-order valence-electron chi connectivity index (χ2n) is 3.14. The molecule has 0 bridgehead atoms. The highest BCUT2D eigenvalue weighted by molar-refractivity contribution is 6.93. The second-order valence-corrected chi connectivity index (χ2v) is 3.93. The van der Waals surface area contributed by atoms with Crippen LogP contribution < -0.4 is 5.32 Å². The van der Waals surface area contributed by atoms with Gasteiger partial charge in [-0.15, -0.1) is 0 Å². The molecule has 0 radical (unpaired) electrons. The Kier molecular flexibility index (Phi) is 5.55. The fraction of sp³-hybridized carbons (Fsp3) is 0.0833. The van der Waals surface area contributed by atoms with E-state index in [1.165, 1.54) is 13.2 Å². The average Bonchev–Trinajstić information content (AvgIpc) is 2.33. The lowest BCUT2D eigenvalue weighted by Crippen LogP contribution is -2.27. The number of benzene rings is 1. The third-order valence-corrected chi connectivity index (χ3v) is 2.47. The summed E-state index contributed by atoms with van der Waals surface area (Å²) in [4.78, 5) is 19.4. The van der Waals surface area contributed by atoms with Crippen LogP contribution in [-0.4, -0.2) is 23.8 Å². The lowest BCUT2D eigenvalue weighted by molar-refractivity contribution is -0.110. The largest absolute Gasteiger partial charge is 0.321 e. The summed E-state index contributed by atoms with van der Waals surface area (Å²) in [6.07, 6.45) is 1.24. The number of halogens is 2. The molecule has 0 aliphatic rings. The fourth-order valence-corrected chi connectivity index (χ4v) is 1.52. The van der Waals surface area contributed by atoms with Crippen LogP contribution in [0.15, 0.2) is 47.0 Å². The van der Waals surface area contributed by atoms with Crippen LogP contribution in [0.2, 0.25) is 5.02 Å². The first-order chi connectivity index (χ1) is 8.58. The Morgan fingerprint density at radius 1 is 1.39 bits per heavy atom. The molecule has 0 fully saturated rings. The van der Waals surface area contributed by atoms with Gasteiger partial charge in [-0.2, -0.15) is 0 Å². The van der Waals surface area contributed by atoms with Gasteiger partial charge < -0.3 is 5.32 Å². The molecule has 1 aromatic carbocycles. The van der Waals surface area contributed by atoms with Crippen molar-refractivity contribution in [3.8, 4) is 0 Å². The molecule has 1 rings (SSSR count). The van der Waals surface area contributed by atoms with E-state index in [9.17, 15) is 4.79 Å². The lowest BCUT2D eigenvalue weighted by atomic mass is 10.3. The molecule has 4 nitrogen and oxygen atoms in total. The molecule has 0 unspecified atom stereocenters. The van der Waals surface area contributed by atoms with E-state index in [-0.39, 0.29) is 10.9 Å². The number of hydrogen-bond acceptors (Lipinski definition) is 3. The zero-order valence-corrected chi connectivity index (χ0v) is 11.2. The van der Waals surface area contributed by atoms with E-state index in [0.717, 1.165) is 0 Å². The van der Waals surface area contributed by atoms with Gasteiger partial charge in [0.1, 0.15) is 0 Å². The molecule has 1 aromatic rings. The van der Waals surface area contributed by atoms with Crippen molar-refractivity contribution in [3.63, 3.8) is 0 Å². The Labute approximate surface area is 115 Å². The van der Waals surface area contributed by atoms with Crippen molar-refractivity contribution in [2.75, 3.05) is 12.4 Å². The first kappa shape index (κ1) is 14.4. The van der Waals surface area contributed by atoms with E-state index in [0.29, 0.717) is 10.7 Å². The number of hydrogen-bond donors (Lipinski definition) is 1. The summed E-state index contributed by atoms with van der Waals surface area (Å²) >= 11 is 11.5. The summed E-state index contributed by atoms with van der Waals surface area (Å²) in [6, 6.07) is 6.68. The predicted molar refractivity (Wildman–Crippen MR) is 76.9 cm³/mol. The molecule has 1 amide bonds. The third-order valence-electron chi connectivity index (χ3n) is 1.94. The van der Waals surface area contributed by atoms with Gasteiger partial charge in [-0.05, 0) is 24.3 Å². The number of nitrogens with zero attached hydrogens (tertiary/aromatic N) is 2. The number of amides is 1. The van der Waals surface area contributed by atoms with Gasteiger partial charge in [0.2, 0.25) is 0 Å². The van der Waals surface area contributed by atoms with Crippen molar-refractivity contribution < 1.29 is 4.79 Å². The van der Waals surface area contributed by atoms with E-state index >= 15 is 0 Å². The molecule has 0 spiro atoms. The molecule has 0 heterocycles. The Balaban J connectivity index is 2.84. The van der Waals surface area contributed by atoms with Crippen LogP contribution in [0, 0.1) is 0 Å². The lowest BCUT2D eigenvalue weighted by Gasteiger charge is -2.06. The van der Waals surface area contributed by atoms with Gasteiger partial charge in [0.25, 0.3) is 5.91 Å². The van der Waals surface area contributed by atoms with Crippen molar-refractivity contribution in [2.45, 2.75) is 0 Å². The number of carbonyl (C=O) groups is 1. The summed E-state index contributed by atoms with van der Waals surface area (Å²) in [5, 5.41) is 3.20. The minimum Gasteiger partial charge on any atom is -0.321 e. The minimum absolute atomic E-state index is 0.0148. The average molecular weight is 284 g/mol. The van der Waals surface area contributed by atoms with Gasteiger partial charge in [0, 0.05) is 24.0 Å². The van der Waals surface area contributed by atoms with E-state index in [2.05, 4.69) is 21.9 Å². The van der Waals surface area contributed by atoms with Crippen molar-refractivity contribution >= 4 is 45.7 Å². The minimum atomic E-state index is -0.449. The van der Waals surface area contributed by atoms with Crippen molar-refractivity contribution in [1.82, 2.24) is 0 Å². The number of aliphatic imine (C=N–C) groups is 2. The maximum Gasteiger partial charge on any atom is 0.277 e. The van der Waals surface area contributed by atoms with Crippen LogP contribution in [-0.2, 0) is 4.79 Å². The Morgan fingerprint density at radius 2 is 2.00 bits per heavy atom. The second kappa shape index (κ2) is 6.93. The summed E-state index contributed by atoms with van der Waals surface area (Å²) in [6.45, 7) is 3.40. The number of anilines is 1. The van der Waals surface area contributed by atoms with Crippen LogP contribution in [0.4, 0.5) is 5.69 Å². The molecule has 0 aliphatic heterocycles. The molecule has 0 aromatic heterocycles. The highest BCUT2D eigenvalue weighted by Crippen LogP contribution is 2.13. The highest BCUT2D eigenvalue weighted by Gasteiger charge is 2.15.